The minimum absolute atomic E-state index is 0.0319. The third-order valence-electron chi connectivity index (χ3n) is 4.59. The predicted octanol–water partition coefficient (Wildman–Crippen LogP) is 8.05. The number of benzene rings is 3. The van der Waals surface area contributed by atoms with E-state index in [1.807, 2.05) is 0 Å². The normalized spacial score (nSPS) is 12.6. The van der Waals surface area contributed by atoms with Gasteiger partial charge in [0.15, 0.2) is 34.6 Å². The predicted molar refractivity (Wildman–Crippen MR) is 103 cm³/mol. The van der Waals surface area contributed by atoms with Crippen LogP contribution in [0.4, 0.5) is 68.5 Å². The van der Waals surface area contributed by atoms with Crippen molar-refractivity contribution in [1.82, 2.24) is 0 Å². The summed E-state index contributed by atoms with van der Waals surface area (Å²) in [5, 5.41) is 0. The molecule has 4 N–H and O–H groups in total. The van der Waals surface area contributed by atoms with Gasteiger partial charge in [0.2, 0.25) is 5.82 Å². The summed E-state index contributed by atoms with van der Waals surface area (Å²) in [5.74, 6) is -16.8. The molecule has 206 valence electrons. The van der Waals surface area contributed by atoms with E-state index in [1.165, 1.54) is 0 Å². The average Bonchev–Trinajstić information content (AvgIpc) is 2.73. The molecule has 38 heavy (non-hydrogen) atoms. The number of nitrogens with two attached hydrogens (primary N) is 2. The number of hydrogen-bond acceptors (Lipinski definition) is 4. The molecule has 0 saturated heterocycles. The molecule has 4 nitrogen and oxygen atoms in total. The second-order valence-electron chi connectivity index (χ2n) is 7.33. The van der Waals surface area contributed by atoms with Gasteiger partial charge >= 0.3 is 18.5 Å². The Balaban J connectivity index is 2.24. The van der Waals surface area contributed by atoms with Crippen molar-refractivity contribution in [3.63, 3.8) is 0 Å². The summed E-state index contributed by atoms with van der Waals surface area (Å²) in [6, 6.07) is 0.319. The fourth-order valence-electron chi connectivity index (χ4n) is 3.04. The van der Waals surface area contributed by atoms with Crippen molar-refractivity contribution in [2.75, 3.05) is 11.5 Å². The highest BCUT2D eigenvalue weighted by molar-refractivity contribution is 5.55. The van der Waals surface area contributed by atoms with Gasteiger partial charge in [-0.05, 0) is 12.1 Å². The van der Waals surface area contributed by atoms with Crippen LogP contribution in [-0.2, 0) is 18.5 Å². The second-order valence-corrected chi connectivity index (χ2v) is 7.33. The first-order chi connectivity index (χ1) is 17.2. The van der Waals surface area contributed by atoms with Crippen LogP contribution in [-0.4, -0.2) is 0 Å². The molecule has 0 aliphatic carbocycles. The van der Waals surface area contributed by atoms with Crippen molar-refractivity contribution < 1.29 is 66.5 Å². The van der Waals surface area contributed by atoms with E-state index in [9.17, 15) is 52.7 Å². The van der Waals surface area contributed by atoms with Crippen LogP contribution < -0.4 is 20.9 Å². The maximum absolute atomic E-state index is 15.1. The Kier molecular flexibility index (Phi) is 7.02. The van der Waals surface area contributed by atoms with Gasteiger partial charge in [0, 0.05) is 29.6 Å². The van der Waals surface area contributed by atoms with Crippen LogP contribution in [0.2, 0.25) is 0 Å². The zero-order valence-corrected chi connectivity index (χ0v) is 17.8. The lowest BCUT2D eigenvalue weighted by molar-refractivity contribution is -0.142. The van der Waals surface area contributed by atoms with E-state index in [2.05, 4.69) is 9.47 Å². The van der Waals surface area contributed by atoms with Crippen molar-refractivity contribution in [2.45, 2.75) is 18.5 Å². The van der Waals surface area contributed by atoms with Gasteiger partial charge in [-0.15, -0.1) is 0 Å². The van der Waals surface area contributed by atoms with Crippen molar-refractivity contribution in [2.24, 2.45) is 0 Å². The Morgan fingerprint density at radius 2 is 0.895 bits per heavy atom. The molecule has 0 amide bonds. The molecule has 0 saturated carbocycles. The Morgan fingerprint density at radius 3 is 1.29 bits per heavy atom. The van der Waals surface area contributed by atoms with Crippen LogP contribution in [0.5, 0.6) is 23.0 Å². The van der Waals surface area contributed by atoms with Gasteiger partial charge in [-0.1, -0.05) is 0 Å². The highest BCUT2D eigenvalue weighted by atomic mass is 19.4. The highest BCUT2D eigenvalue weighted by Gasteiger charge is 2.43. The van der Waals surface area contributed by atoms with E-state index >= 15 is 4.39 Å². The van der Waals surface area contributed by atoms with Crippen LogP contribution in [0.15, 0.2) is 30.3 Å². The van der Waals surface area contributed by atoms with E-state index in [4.69, 9.17) is 11.5 Å². The molecule has 3 aromatic rings. The van der Waals surface area contributed by atoms with E-state index < -0.39 is 92.9 Å². The third-order valence-corrected chi connectivity index (χ3v) is 4.59. The molecule has 3 aromatic carbocycles. The summed E-state index contributed by atoms with van der Waals surface area (Å²) in [5.41, 5.74) is 1.85. The Morgan fingerprint density at radius 1 is 0.500 bits per heavy atom. The lowest BCUT2D eigenvalue weighted by Gasteiger charge is -2.20. The average molecular weight is 568 g/mol. The Bertz CT molecular complexity index is 1400. The Hall–Kier alpha value is -4.05. The third kappa shape index (κ3) is 5.60. The molecule has 0 unspecified atom stereocenters. The molecule has 0 heterocycles. The number of alkyl halides is 9. The van der Waals surface area contributed by atoms with Gasteiger partial charge in [-0.25, -0.2) is 13.2 Å². The van der Waals surface area contributed by atoms with Crippen molar-refractivity contribution in [1.29, 1.82) is 0 Å². The van der Waals surface area contributed by atoms with Gasteiger partial charge in [0.05, 0.1) is 11.1 Å². The fourth-order valence-corrected chi connectivity index (χ4v) is 3.04. The van der Waals surface area contributed by atoms with Gasteiger partial charge < -0.3 is 20.9 Å². The molecule has 17 heteroatoms. The second kappa shape index (κ2) is 9.36. The minimum Gasteiger partial charge on any atom is -0.451 e. The van der Waals surface area contributed by atoms with Gasteiger partial charge in [-0.3, -0.25) is 0 Å². The largest absolute Gasteiger partial charge is 0.451 e. The maximum atomic E-state index is 15.1. The van der Waals surface area contributed by atoms with E-state index in [1.54, 1.807) is 0 Å². The highest BCUT2D eigenvalue weighted by Crippen LogP contribution is 2.47. The van der Waals surface area contributed by atoms with Gasteiger partial charge in [0.1, 0.15) is 11.4 Å². The molecule has 0 radical (unpaired) electrons. The smallest absolute Gasteiger partial charge is 0.422 e. The molecule has 0 spiro atoms. The van der Waals surface area contributed by atoms with Crippen LogP contribution in [0.1, 0.15) is 16.7 Å². The maximum Gasteiger partial charge on any atom is 0.422 e. The zero-order valence-electron chi connectivity index (χ0n) is 17.8. The lowest BCUT2D eigenvalue weighted by Crippen LogP contribution is -2.14. The number of ether oxygens (including phenoxy) is 2. The van der Waals surface area contributed by atoms with Crippen LogP contribution in [0, 0.1) is 23.3 Å². The quantitative estimate of drug-likeness (QED) is 0.247. The van der Waals surface area contributed by atoms with Crippen molar-refractivity contribution in [3.05, 3.63) is 70.3 Å². The molecule has 0 aromatic heterocycles. The van der Waals surface area contributed by atoms with E-state index in [-0.39, 0.29) is 24.3 Å². The number of anilines is 2. The molecule has 0 aliphatic heterocycles. The van der Waals surface area contributed by atoms with Crippen LogP contribution in [0.3, 0.4) is 0 Å². The number of nitrogen functional groups attached to an aromatic ring is 2. The SMILES string of the molecule is Nc1cc(Oc2cc(F)c(C(F)(F)F)c(Oc3cc(N)cc(C(F)(F)F)c3F)c2F)c(F)c(C(F)(F)F)c1. The van der Waals surface area contributed by atoms with E-state index in [0.717, 1.165) is 0 Å². The molecule has 0 fully saturated rings. The minimum atomic E-state index is -5.83. The summed E-state index contributed by atoms with van der Waals surface area (Å²) in [4.78, 5) is 0. The Labute approximate surface area is 202 Å². The standard InChI is InChI=1S/C21H9F13N2O2/c22-10-5-13(37-11-3-6(35)1-8(15(11)23)19(26,27)28)17(25)18(14(10)21(32,33)34)38-12-4-7(36)2-9(16(12)24)20(29,30)31/h1-5H,35-36H2. The molecular weight excluding hydrogens is 559 g/mol. The molecule has 0 atom stereocenters. The summed E-state index contributed by atoms with van der Waals surface area (Å²) in [7, 11) is 0. The first-order valence-electron chi connectivity index (χ1n) is 9.49. The summed E-state index contributed by atoms with van der Waals surface area (Å²) >= 11 is 0. The summed E-state index contributed by atoms with van der Waals surface area (Å²) < 4.78 is 186. The summed E-state index contributed by atoms with van der Waals surface area (Å²) in [6.45, 7) is 0. The van der Waals surface area contributed by atoms with Crippen LogP contribution >= 0.6 is 0 Å². The number of halogens is 13. The monoisotopic (exact) mass is 568 g/mol. The van der Waals surface area contributed by atoms with Crippen molar-refractivity contribution >= 4 is 11.4 Å². The van der Waals surface area contributed by atoms with Gasteiger partial charge in [-0.2, -0.15) is 43.9 Å². The first kappa shape index (κ1) is 28.5. The molecule has 0 bridgehead atoms. The fraction of sp³-hybridized carbons (Fsp3) is 0.143. The topological polar surface area (TPSA) is 70.5 Å². The van der Waals surface area contributed by atoms with Crippen LogP contribution in [0.25, 0.3) is 0 Å². The molecule has 3 rings (SSSR count). The number of rotatable bonds is 4. The zero-order chi connectivity index (χ0) is 29.0. The van der Waals surface area contributed by atoms with E-state index in [0.29, 0.717) is 6.07 Å². The number of hydrogen-bond donors (Lipinski definition) is 2. The lowest BCUT2D eigenvalue weighted by atomic mass is 10.1. The van der Waals surface area contributed by atoms with Gasteiger partial charge in [0.25, 0.3) is 0 Å². The molecular formula is C21H9F13N2O2. The summed E-state index contributed by atoms with van der Waals surface area (Å²) in [6.07, 6.45) is -16.7. The first-order valence-corrected chi connectivity index (χ1v) is 9.49. The molecule has 0 aliphatic rings. The van der Waals surface area contributed by atoms with Crippen molar-refractivity contribution in [3.8, 4) is 23.0 Å².